The smallest absolute Gasteiger partial charge is 0.193 e. The summed E-state index contributed by atoms with van der Waals surface area (Å²) in [6.07, 6.45) is 2.30. The van der Waals surface area contributed by atoms with Crippen molar-refractivity contribution in [2.45, 2.75) is 19.3 Å². The SMILES string of the molecule is CCNC(=NCCS(C)(=O)=O)N1CCC(c2ccc(OC)cc2)C1. The first-order chi connectivity index (χ1) is 11.4. The largest absolute Gasteiger partial charge is 0.497 e. The number of ether oxygens (including phenoxy) is 1. The molecule has 24 heavy (non-hydrogen) atoms. The van der Waals surface area contributed by atoms with Crippen LogP contribution in [0.2, 0.25) is 0 Å². The second-order valence-electron chi connectivity index (χ2n) is 6.07. The molecule has 1 aliphatic heterocycles. The molecule has 2 rings (SSSR count). The van der Waals surface area contributed by atoms with Crippen molar-refractivity contribution >= 4 is 15.8 Å². The highest BCUT2D eigenvalue weighted by Crippen LogP contribution is 2.28. The molecule has 0 amide bonds. The van der Waals surface area contributed by atoms with Gasteiger partial charge in [-0.1, -0.05) is 12.1 Å². The first-order valence-electron chi connectivity index (χ1n) is 8.28. The molecule has 1 unspecified atom stereocenters. The highest BCUT2D eigenvalue weighted by atomic mass is 32.2. The van der Waals surface area contributed by atoms with Crippen LogP contribution in [0.1, 0.15) is 24.8 Å². The van der Waals surface area contributed by atoms with E-state index in [9.17, 15) is 8.42 Å². The summed E-state index contributed by atoms with van der Waals surface area (Å²) in [4.78, 5) is 6.68. The van der Waals surface area contributed by atoms with E-state index in [0.29, 0.717) is 12.5 Å². The van der Waals surface area contributed by atoms with Crippen LogP contribution >= 0.6 is 0 Å². The summed E-state index contributed by atoms with van der Waals surface area (Å²) in [5.41, 5.74) is 1.30. The number of rotatable bonds is 6. The molecule has 0 spiro atoms. The van der Waals surface area contributed by atoms with Gasteiger partial charge >= 0.3 is 0 Å². The van der Waals surface area contributed by atoms with Gasteiger partial charge in [0.15, 0.2) is 5.96 Å². The van der Waals surface area contributed by atoms with Crippen molar-refractivity contribution in [1.29, 1.82) is 0 Å². The molecule has 1 aromatic carbocycles. The second-order valence-corrected chi connectivity index (χ2v) is 8.33. The molecule has 0 radical (unpaired) electrons. The summed E-state index contributed by atoms with van der Waals surface area (Å²) in [7, 11) is -1.32. The first-order valence-corrected chi connectivity index (χ1v) is 10.3. The topological polar surface area (TPSA) is 71.0 Å². The Hall–Kier alpha value is -1.76. The van der Waals surface area contributed by atoms with Crippen LogP contribution in [0.4, 0.5) is 0 Å². The third-order valence-corrected chi connectivity index (χ3v) is 5.06. The molecule has 0 aliphatic carbocycles. The molecule has 0 aromatic heterocycles. The molecule has 1 aromatic rings. The molecule has 1 heterocycles. The Morgan fingerprint density at radius 2 is 2.08 bits per heavy atom. The molecule has 6 nitrogen and oxygen atoms in total. The Morgan fingerprint density at radius 3 is 2.67 bits per heavy atom. The van der Waals surface area contributed by atoms with Crippen molar-refractivity contribution in [3.8, 4) is 5.75 Å². The van der Waals surface area contributed by atoms with E-state index in [0.717, 1.165) is 37.8 Å². The van der Waals surface area contributed by atoms with Gasteiger partial charge in [-0.05, 0) is 31.0 Å². The molecule has 0 saturated carbocycles. The quantitative estimate of drug-likeness (QED) is 0.620. The van der Waals surface area contributed by atoms with E-state index in [4.69, 9.17) is 4.74 Å². The summed E-state index contributed by atoms with van der Waals surface area (Å²) < 4.78 is 27.7. The van der Waals surface area contributed by atoms with Crippen molar-refractivity contribution in [3.05, 3.63) is 29.8 Å². The van der Waals surface area contributed by atoms with Gasteiger partial charge in [0.1, 0.15) is 15.6 Å². The maximum Gasteiger partial charge on any atom is 0.193 e. The van der Waals surface area contributed by atoms with Gasteiger partial charge in [0, 0.05) is 31.8 Å². The van der Waals surface area contributed by atoms with Crippen LogP contribution in [-0.2, 0) is 9.84 Å². The molecular formula is C17H27N3O3S. The molecule has 1 saturated heterocycles. The fraction of sp³-hybridized carbons (Fsp3) is 0.588. The van der Waals surface area contributed by atoms with E-state index in [1.54, 1.807) is 7.11 Å². The minimum absolute atomic E-state index is 0.0810. The molecule has 7 heteroatoms. The van der Waals surface area contributed by atoms with Crippen molar-refractivity contribution in [2.24, 2.45) is 4.99 Å². The lowest BCUT2D eigenvalue weighted by Gasteiger charge is -2.21. The minimum atomic E-state index is -2.98. The monoisotopic (exact) mass is 353 g/mol. The Kier molecular flexibility index (Phi) is 6.48. The number of nitrogens with zero attached hydrogens (tertiary/aromatic N) is 2. The summed E-state index contributed by atoms with van der Waals surface area (Å²) in [6.45, 7) is 4.88. The number of aliphatic imine (C=N–C) groups is 1. The van der Waals surface area contributed by atoms with E-state index in [1.165, 1.54) is 11.8 Å². The third kappa shape index (κ3) is 5.40. The van der Waals surface area contributed by atoms with Crippen molar-refractivity contribution in [1.82, 2.24) is 10.2 Å². The maximum absolute atomic E-state index is 11.3. The molecule has 1 fully saturated rings. The van der Waals surface area contributed by atoms with Crippen LogP contribution in [-0.4, -0.2) is 64.6 Å². The van der Waals surface area contributed by atoms with Crippen molar-refractivity contribution in [3.63, 3.8) is 0 Å². The lowest BCUT2D eigenvalue weighted by atomic mass is 9.98. The maximum atomic E-state index is 11.3. The Bertz CT molecular complexity index is 656. The third-order valence-electron chi connectivity index (χ3n) is 4.13. The number of methoxy groups -OCH3 is 1. The lowest BCUT2D eigenvalue weighted by Crippen LogP contribution is -2.40. The van der Waals surface area contributed by atoms with E-state index in [-0.39, 0.29) is 5.75 Å². The molecule has 1 aliphatic rings. The van der Waals surface area contributed by atoms with Crippen LogP contribution in [0.25, 0.3) is 0 Å². The predicted molar refractivity (Wildman–Crippen MR) is 97.6 cm³/mol. The van der Waals surface area contributed by atoms with E-state index in [2.05, 4.69) is 27.3 Å². The summed E-state index contributed by atoms with van der Waals surface area (Å²) in [5.74, 6) is 2.20. The summed E-state index contributed by atoms with van der Waals surface area (Å²) >= 11 is 0. The predicted octanol–water partition coefficient (Wildman–Crippen LogP) is 1.49. The molecular weight excluding hydrogens is 326 g/mol. The lowest BCUT2D eigenvalue weighted by molar-refractivity contribution is 0.414. The van der Waals surface area contributed by atoms with Crippen LogP contribution in [0.3, 0.4) is 0 Å². The number of sulfone groups is 1. The number of nitrogens with one attached hydrogen (secondary N) is 1. The van der Waals surface area contributed by atoms with Gasteiger partial charge in [0.05, 0.1) is 19.4 Å². The van der Waals surface area contributed by atoms with Crippen LogP contribution < -0.4 is 10.1 Å². The normalized spacial score (nSPS) is 18.7. The highest BCUT2D eigenvalue weighted by molar-refractivity contribution is 7.90. The Balaban J connectivity index is 2.00. The van der Waals surface area contributed by atoms with E-state index in [1.807, 2.05) is 19.1 Å². The molecule has 1 N–H and O–H groups in total. The molecule has 1 atom stereocenters. The number of benzene rings is 1. The zero-order valence-electron chi connectivity index (χ0n) is 14.7. The Labute approximate surface area is 144 Å². The first kappa shape index (κ1) is 18.6. The second kappa shape index (κ2) is 8.37. The van der Waals surface area contributed by atoms with Gasteiger partial charge in [-0.2, -0.15) is 0 Å². The van der Waals surface area contributed by atoms with Crippen LogP contribution in [0.5, 0.6) is 5.75 Å². The van der Waals surface area contributed by atoms with Crippen molar-refractivity contribution < 1.29 is 13.2 Å². The van der Waals surface area contributed by atoms with Gasteiger partial charge in [-0.25, -0.2) is 8.42 Å². The van der Waals surface area contributed by atoms with E-state index >= 15 is 0 Å². The standard InChI is InChI=1S/C17H27N3O3S/c1-4-18-17(19-10-12-24(3,21)22)20-11-9-15(13-20)14-5-7-16(23-2)8-6-14/h5-8,15H,4,9-13H2,1-3H3,(H,18,19). The summed E-state index contributed by atoms with van der Waals surface area (Å²) in [5, 5.41) is 3.26. The van der Waals surface area contributed by atoms with Crippen LogP contribution in [0, 0.1) is 0 Å². The van der Waals surface area contributed by atoms with E-state index < -0.39 is 9.84 Å². The number of hydrogen-bond acceptors (Lipinski definition) is 4. The van der Waals surface area contributed by atoms with Crippen LogP contribution in [0.15, 0.2) is 29.3 Å². The van der Waals surface area contributed by atoms with Gasteiger partial charge in [-0.3, -0.25) is 4.99 Å². The fourth-order valence-corrected chi connectivity index (χ4v) is 3.27. The number of likely N-dealkylation sites (tertiary alicyclic amines) is 1. The number of hydrogen-bond donors (Lipinski definition) is 1. The van der Waals surface area contributed by atoms with Gasteiger partial charge in [0.2, 0.25) is 0 Å². The molecule has 0 bridgehead atoms. The van der Waals surface area contributed by atoms with Gasteiger partial charge < -0.3 is 15.0 Å². The highest BCUT2D eigenvalue weighted by Gasteiger charge is 2.26. The zero-order valence-corrected chi connectivity index (χ0v) is 15.5. The minimum Gasteiger partial charge on any atom is -0.497 e. The van der Waals surface area contributed by atoms with Crippen molar-refractivity contribution in [2.75, 3.05) is 45.3 Å². The zero-order chi connectivity index (χ0) is 17.6. The average Bonchev–Trinajstić information content (AvgIpc) is 3.03. The summed E-state index contributed by atoms with van der Waals surface area (Å²) in [6, 6.07) is 8.20. The number of guanidine groups is 1. The Morgan fingerprint density at radius 1 is 1.38 bits per heavy atom. The van der Waals surface area contributed by atoms with Gasteiger partial charge in [-0.15, -0.1) is 0 Å². The van der Waals surface area contributed by atoms with Gasteiger partial charge in [0.25, 0.3) is 0 Å². The fourth-order valence-electron chi connectivity index (χ4n) is 2.84. The molecule has 134 valence electrons. The average molecular weight is 353 g/mol.